The van der Waals surface area contributed by atoms with E-state index in [1.54, 1.807) is 0 Å². The lowest BCUT2D eigenvalue weighted by atomic mass is 10.1. The predicted molar refractivity (Wildman–Crippen MR) is 76.6 cm³/mol. The smallest absolute Gasteiger partial charge is 0.340 e. The first-order valence-electron chi connectivity index (χ1n) is 5.97. The highest BCUT2D eigenvalue weighted by molar-refractivity contribution is 9.10. The molecule has 0 aliphatic carbocycles. The molecule has 0 unspecified atom stereocenters. The Balaban J connectivity index is 2.55. The van der Waals surface area contributed by atoms with E-state index in [0.29, 0.717) is 16.6 Å². The van der Waals surface area contributed by atoms with Crippen molar-refractivity contribution >= 4 is 32.8 Å². The predicted octanol–water partition coefficient (Wildman–Crippen LogP) is 3.57. The summed E-state index contributed by atoms with van der Waals surface area (Å²) >= 11 is 3.43. The lowest BCUT2D eigenvalue weighted by molar-refractivity contribution is 0.0599. The lowest BCUT2D eigenvalue weighted by Gasteiger charge is -2.10. The molecular formula is C14H14BrNO3. The van der Waals surface area contributed by atoms with Crippen molar-refractivity contribution in [2.75, 3.05) is 13.7 Å². The molecule has 2 aromatic rings. The molecule has 1 aromatic carbocycles. The van der Waals surface area contributed by atoms with Crippen LogP contribution in [-0.4, -0.2) is 24.7 Å². The van der Waals surface area contributed by atoms with Crippen LogP contribution in [0.5, 0.6) is 5.75 Å². The average Bonchev–Trinajstić information content (AvgIpc) is 2.45. The minimum Gasteiger partial charge on any atom is -0.491 e. The molecule has 0 aliphatic rings. The summed E-state index contributed by atoms with van der Waals surface area (Å²) in [5.41, 5.74) is 1.14. The van der Waals surface area contributed by atoms with Crippen molar-refractivity contribution in [3.8, 4) is 5.75 Å². The van der Waals surface area contributed by atoms with Gasteiger partial charge in [0.05, 0.1) is 19.3 Å². The number of ether oxygens (including phenoxy) is 2. The van der Waals surface area contributed by atoms with Crippen molar-refractivity contribution < 1.29 is 14.3 Å². The summed E-state index contributed by atoms with van der Waals surface area (Å²) in [6.07, 6.45) is 2.43. The first kappa shape index (κ1) is 13.8. The van der Waals surface area contributed by atoms with Crippen LogP contribution in [0.25, 0.3) is 10.9 Å². The molecule has 0 radical (unpaired) electrons. The number of carbonyl (C=O) groups excluding carboxylic acids is 1. The van der Waals surface area contributed by atoms with Gasteiger partial charge in [-0.3, -0.25) is 4.98 Å². The van der Waals surface area contributed by atoms with Gasteiger partial charge in [0.1, 0.15) is 11.3 Å². The number of esters is 1. The molecule has 19 heavy (non-hydrogen) atoms. The zero-order chi connectivity index (χ0) is 13.8. The third kappa shape index (κ3) is 2.71. The van der Waals surface area contributed by atoms with Gasteiger partial charge in [-0.25, -0.2) is 4.79 Å². The molecule has 2 rings (SSSR count). The number of aromatic nitrogens is 1. The number of halogens is 1. The molecule has 1 aromatic heterocycles. The normalized spacial score (nSPS) is 10.5. The Bertz CT molecular complexity index is 613. The Hall–Kier alpha value is -1.62. The maximum Gasteiger partial charge on any atom is 0.340 e. The van der Waals surface area contributed by atoms with Gasteiger partial charge in [0.2, 0.25) is 0 Å². The van der Waals surface area contributed by atoms with Gasteiger partial charge in [-0.2, -0.15) is 0 Å². The molecule has 0 amide bonds. The third-order valence-corrected chi connectivity index (χ3v) is 3.52. The van der Waals surface area contributed by atoms with Crippen molar-refractivity contribution in [1.29, 1.82) is 0 Å². The highest BCUT2D eigenvalue weighted by Gasteiger charge is 2.15. The first-order valence-corrected chi connectivity index (χ1v) is 6.76. The van der Waals surface area contributed by atoms with Gasteiger partial charge in [0.15, 0.2) is 0 Å². The van der Waals surface area contributed by atoms with E-state index < -0.39 is 5.97 Å². The van der Waals surface area contributed by atoms with E-state index in [1.165, 1.54) is 13.3 Å². The minimum absolute atomic E-state index is 0.405. The quantitative estimate of drug-likeness (QED) is 0.807. The van der Waals surface area contributed by atoms with Crippen molar-refractivity contribution in [2.24, 2.45) is 0 Å². The van der Waals surface area contributed by atoms with Crippen LogP contribution in [0.2, 0.25) is 0 Å². The fraction of sp³-hybridized carbons (Fsp3) is 0.286. The minimum atomic E-state index is -0.416. The Morgan fingerprint density at radius 2 is 2.21 bits per heavy atom. The fourth-order valence-corrected chi connectivity index (χ4v) is 2.33. The van der Waals surface area contributed by atoms with Gasteiger partial charge in [-0.1, -0.05) is 19.1 Å². The maximum absolute atomic E-state index is 11.6. The molecule has 0 bridgehead atoms. The van der Waals surface area contributed by atoms with E-state index in [2.05, 4.69) is 20.9 Å². The zero-order valence-electron chi connectivity index (χ0n) is 10.8. The number of hydrogen-bond donors (Lipinski definition) is 0. The Kier molecular flexibility index (Phi) is 4.37. The van der Waals surface area contributed by atoms with Crippen LogP contribution < -0.4 is 4.74 Å². The van der Waals surface area contributed by atoms with Gasteiger partial charge in [-0.15, -0.1) is 0 Å². The molecule has 0 fully saturated rings. The van der Waals surface area contributed by atoms with Gasteiger partial charge >= 0.3 is 5.97 Å². The van der Waals surface area contributed by atoms with Crippen LogP contribution in [0.4, 0.5) is 0 Å². The summed E-state index contributed by atoms with van der Waals surface area (Å²) in [5.74, 6) is 0.303. The molecule has 100 valence electrons. The second-order valence-corrected chi connectivity index (χ2v) is 4.77. The van der Waals surface area contributed by atoms with Gasteiger partial charge < -0.3 is 9.47 Å². The summed E-state index contributed by atoms with van der Waals surface area (Å²) in [7, 11) is 1.35. The number of nitrogens with zero attached hydrogens (tertiary/aromatic N) is 1. The summed E-state index contributed by atoms with van der Waals surface area (Å²) < 4.78 is 11.0. The number of para-hydroxylation sites is 1. The van der Waals surface area contributed by atoms with Gasteiger partial charge in [-0.05, 0) is 28.4 Å². The molecule has 0 saturated heterocycles. The molecule has 1 heterocycles. The van der Waals surface area contributed by atoms with Crippen LogP contribution in [0.1, 0.15) is 23.7 Å². The second kappa shape index (κ2) is 6.02. The lowest BCUT2D eigenvalue weighted by Crippen LogP contribution is -2.04. The molecule has 0 saturated carbocycles. The van der Waals surface area contributed by atoms with E-state index in [1.807, 2.05) is 25.1 Å². The Labute approximate surface area is 119 Å². The molecule has 5 heteroatoms. The van der Waals surface area contributed by atoms with Crippen LogP contribution in [-0.2, 0) is 4.74 Å². The van der Waals surface area contributed by atoms with Gasteiger partial charge in [0, 0.05) is 16.1 Å². The summed E-state index contributed by atoms with van der Waals surface area (Å²) in [6, 6.07) is 5.63. The number of rotatable bonds is 4. The number of hydrogen-bond acceptors (Lipinski definition) is 4. The molecule has 0 N–H and O–H groups in total. The highest BCUT2D eigenvalue weighted by Crippen LogP contribution is 2.31. The average molecular weight is 324 g/mol. The van der Waals surface area contributed by atoms with Crippen molar-refractivity contribution in [1.82, 2.24) is 4.98 Å². The van der Waals surface area contributed by atoms with Gasteiger partial charge in [0.25, 0.3) is 0 Å². The molecule has 0 atom stereocenters. The summed E-state index contributed by atoms with van der Waals surface area (Å²) in [5, 5.41) is 0.830. The summed E-state index contributed by atoms with van der Waals surface area (Å²) in [4.78, 5) is 15.9. The van der Waals surface area contributed by atoms with Crippen molar-refractivity contribution in [3.63, 3.8) is 0 Å². The van der Waals surface area contributed by atoms with Crippen LogP contribution in [0.3, 0.4) is 0 Å². The monoisotopic (exact) mass is 323 g/mol. The first-order chi connectivity index (χ1) is 9.19. The Morgan fingerprint density at radius 3 is 2.89 bits per heavy atom. The zero-order valence-corrected chi connectivity index (χ0v) is 12.4. The van der Waals surface area contributed by atoms with E-state index in [4.69, 9.17) is 9.47 Å². The van der Waals surface area contributed by atoms with Crippen LogP contribution in [0, 0.1) is 0 Å². The van der Waals surface area contributed by atoms with Crippen LogP contribution >= 0.6 is 15.9 Å². The highest BCUT2D eigenvalue weighted by atomic mass is 79.9. The van der Waals surface area contributed by atoms with E-state index >= 15 is 0 Å². The fourth-order valence-electron chi connectivity index (χ4n) is 1.74. The Morgan fingerprint density at radius 1 is 1.42 bits per heavy atom. The van der Waals surface area contributed by atoms with Crippen LogP contribution in [0.15, 0.2) is 28.9 Å². The SMILES string of the molecule is CCCOc1cccc2c(Br)c(C(=O)OC)cnc12. The molecule has 0 spiro atoms. The number of carbonyl (C=O) groups is 1. The third-order valence-electron chi connectivity index (χ3n) is 2.66. The largest absolute Gasteiger partial charge is 0.491 e. The number of pyridine rings is 1. The van der Waals surface area contributed by atoms with E-state index in [9.17, 15) is 4.79 Å². The second-order valence-electron chi connectivity index (χ2n) is 3.98. The molecule has 0 aliphatic heterocycles. The molecular weight excluding hydrogens is 310 g/mol. The molecule has 4 nitrogen and oxygen atoms in total. The van der Waals surface area contributed by atoms with Crippen molar-refractivity contribution in [3.05, 3.63) is 34.4 Å². The summed E-state index contributed by atoms with van der Waals surface area (Å²) in [6.45, 7) is 2.68. The van der Waals surface area contributed by atoms with E-state index in [0.717, 1.165) is 23.1 Å². The number of methoxy groups -OCH3 is 1. The maximum atomic E-state index is 11.6. The topological polar surface area (TPSA) is 48.4 Å². The van der Waals surface area contributed by atoms with Crippen molar-refractivity contribution in [2.45, 2.75) is 13.3 Å². The standard InChI is InChI=1S/C14H14BrNO3/c1-3-7-19-11-6-4-5-9-12(15)10(14(17)18-2)8-16-13(9)11/h4-6,8H,3,7H2,1-2H3. The number of fused-ring (bicyclic) bond motifs is 1. The van der Waals surface area contributed by atoms with E-state index in [-0.39, 0.29) is 0 Å². The number of benzene rings is 1.